The van der Waals surface area contributed by atoms with E-state index in [-0.39, 0.29) is 11.9 Å². The normalized spacial score (nSPS) is 29.9. The van der Waals surface area contributed by atoms with Crippen molar-refractivity contribution >= 4 is 5.91 Å². The van der Waals surface area contributed by atoms with E-state index in [0.717, 1.165) is 17.6 Å². The summed E-state index contributed by atoms with van der Waals surface area (Å²) in [4.78, 5) is 12.3. The molecule has 0 heterocycles. The van der Waals surface area contributed by atoms with Crippen LogP contribution in [0.5, 0.6) is 5.75 Å². The van der Waals surface area contributed by atoms with Crippen molar-refractivity contribution in [3.05, 3.63) is 30.3 Å². The number of carbonyl (C=O) groups is 1. The number of hydrogen-bond acceptors (Lipinski definition) is 2. The van der Waals surface area contributed by atoms with Gasteiger partial charge < -0.3 is 10.1 Å². The topological polar surface area (TPSA) is 38.3 Å². The van der Waals surface area contributed by atoms with Crippen LogP contribution in [0.3, 0.4) is 0 Å². The van der Waals surface area contributed by atoms with Crippen LogP contribution in [0.15, 0.2) is 30.3 Å². The first-order valence-corrected chi connectivity index (χ1v) is 8.15. The molecule has 1 N–H and O–H groups in total. The second-order valence-electron chi connectivity index (χ2n) is 6.71. The molecule has 2 bridgehead atoms. The second-order valence-corrected chi connectivity index (χ2v) is 6.71. The van der Waals surface area contributed by atoms with Gasteiger partial charge >= 0.3 is 0 Å². The molecule has 0 aromatic heterocycles. The van der Waals surface area contributed by atoms with Gasteiger partial charge in [-0.25, -0.2) is 0 Å². The number of fused-ring (bicyclic) bond motifs is 2. The molecule has 3 rings (SSSR count). The summed E-state index contributed by atoms with van der Waals surface area (Å²) in [5.41, 5.74) is 0. The Hall–Kier alpha value is -1.51. The van der Waals surface area contributed by atoms with Crippen molar-refractivity contribution in [2.75, 3.05) is 0 Å². The lowest BCUT2D eigenvalue weighted by atomic mass is 9.84. The van der Waals surface area contributed by atoms with Gasteiger partial charge in [0, 0.05) is 6.04 Å². The van der Waals surface area contributed by atoms with E-state index in [2.05, 4.69) is 12.2 Å². The molecule has 0 spiro atoms. The van der Waals surface area contributed by atoms with Crippen molar-refractivity contribution < 1.29 is 9.53 Å². The minimum Gasteiger partial charge on any atom is -0.481 e. The van der Waals surface area contributed by atoms with Crippen LogP contribution >= 0.6 is 0 Å². The van der Waals surface area contributed by atoms with Gasteiger partial charge in [-0.05, 0) is 63.0 Å². The smallest absolute Gasteiger partial charge is 0.260 e. The van der Waals surface area contributed by atoms with Crippen molar-refractivity contribution in [2.24, 2.45) is 17.8 Å². The van der Waals surface area contributed by atoms with Crippen LogP contribution < -0.4 is 10.1 Å². The molecule has 21 heavy (non-hydrogen) atoms. The first kappa shape index (κ1) is 14.4. The van der Waals surface area contributed by atoms with Crippen LogP contribution in [-0.2, 0) is 4.79 Å². The van der Waals surface area contributed by atoms with Gasteiger partial charge in [0.05, 0.1) is 0 Å². The van der Waals surface area contributed by atoms with Gasteiger partial charge in [0.15, 0.2) is 6.10 Å². The lowest BCUT2D eigenvalue weighted by molar-refractivity contribution is -0.128. The zero-order valence-electron chi connectivity index (χ0n) is 12.9. The third kappa shape index (κ3) is 3.22. The Balaban J connectivity index is 1.51. The summed E-state index contributed by atoms with van der Waals surface area (Å²) >= 11 is 0. The molecule has 1 amide bonds. The van der Waals surface area contributed by atoms with E-state index >= 15 is 0 Å². The standard InChI is InChI=1S/C18H25NO2/c1-12(17-11-14-8-9-15(17)10-14)19-18(20)13(2)21-16-6-4-3-5-7-16/h3-7,12-15,17H,8-11H2,1-2H3,(H,19,20). The van der Waals surface area contributed by atoms with E-state index in [1.807, 2.05) is 37.3 Å². The van der Waals surface area contributed by atoms with Gasteiger partial charge in [-0.3, -0.25) is 4.79 Å². The Morgan fingerprint density at radius 1 is 1.19 bits per heavy atom. The van der Waals surface area contributed by atoms with Crippen LogP contribution in [-0.4, -0.2) is 18.1 Å². The highest BCUT2D eigenvalue weighted by Crippen LogP contribution is 2.49. The molecular formula is C18H25NO2. The van der Waals surface area contributed by atoms with Gasteiger partial charge in [-0.1, -0.05) is 24.6 Å². The molecule has 2 aliphatic carbocycles. The third-order valence-electron chi connectivity index (χ3n) is 5.23. The first-order valence-electron chi connectivity index (χ1n) is 8.15. The Bertz CT molecular complexity index is 487. The van der Waals surface area contributed by atoms with E-state index in [1.54, 1.807) is 0 Å². The van der Waals surface area contributed by atoms with Gasteiger partial charge in [0.2, 0.25) is 0 Å². The van der Waals surface area contributed by atoms with Crippen LogP contribution in [0.1, 0.15) is 39.5 Å². The summed E-state index contributed by atoms with van der Waals surface area (Å²) in [6.07, 6.45) is 4.97. The lowest BCUT2D eigenvalue weighted by Gasteiger charge is -2.29. The van der Waals surface area contributed by atoms with Crippen molar-refractivity contribution in [1.82, 2.24) is 5.32 Å². The van der Waals surface area contributed by atoms with Crippen LogP contribution in [0.4, 0.5) is 0 Å². The summed E-state index contributed by atoms with van der Waals surface area (Å²) in [5.74, 6) is 3.14. The maximum absolute atomic E-state index is 12.3. The molecular weight excluding hydrogens is 262 g/mol. The van der Waals surface area contributed by atoms with Crippen LogP contribution in [0, 0.1) is 17.8 Å². The number of hydrogen-bond donors (Lipinski definition) is 1. The Kier molecular flexibility index (Phi) is 4.18. The van der Waals surface area contributed by atoms with Gasteiger partial charge in [-0.2, -0.15) is 0 Å². The molecule has 1 aromatic rings. The molecule has 2 aliphatic rings. The minimum absolute atomic E-state index is 0.00544. The summed E-state index contributed by atoms with van der Waals surface area (Å²) in [7, 11) is 0. The fraction of sp³-hybridized carbons (Fsp3) is 0.611. The summed E-state index contributed by atoms with van der Waals surface area (Å²) < 4.78 is 5.69. The SMILES string of the molecule is CC(Oc1ccccc1)C(=O)NC(C)C1CC2CCC1C2. The molecule has 3 nitrogen and oxygen atoms in total. The number of carbonyl (C=O) groups excluding carboxylic acids is 1. The molecule has 5 atom stereocenters. The molecule has 0 saturated heterocycles. The van der Waals surface area contributed by atoms with E-state index in [0.29, 0.717) is 5.92 Å². The fourth-order valence-electron chi connectivity index (χ4n) is 4.11. The number of rotatable bonds is 5. The molecule has 5 unspecified atom stereocenters. The van der Waals surface area contributed by atoms with Crippen molar-refractivity contribution in [1.29, 1.82) is 0 Å². The quantitative estimate of drug-likeness (QED) is 0.901. The number of para-hydroxylation sites is 1. The van der Waals surface area contributed by atoms with E-state index in [1.165, 1.54) is 25.7 Å². The van der Waals surface area contributed by atoms with E-state index < -0.39 is 6.10 Å². The predicted molar refractivity (Wildman–Crippen MR) is 83.1 cm³/mol. The Morgan fingerprint density at radius 3 is 2.57 bits per heavy atom. The van der Waals surface area contributed by atoms with Crippen molar-refractivity contribution in [3.63, 3.8) is 0 Å². The summed E-state index contributed by atoms with van der Waals surface area (Å²) in [5, 5.41) is 3.16. The minimum atomic E-state index is -0.451. The molecule has 1 aromatic carbocycles. The lowest BCUT2D eigenvalue weighted by Crippen LogP contribution is -2.45. The maximum atomic E-state index is 12.3. The number of ether oxygens (including phenoxy) is 1. The zero-order chi connectivity index (χ0) is 14.8. The van der Waals surface area contributed by atoms with Crippen LogP contribution in [0.25, 0.3) is 0 Å². The molecule has 2 saturated carbocycles. The average Bonchev–Trinajstić information content (AvgIpc) is 3.11. The summed E-state index contributed by atoms with van der Waals surface area (Å²) in [6, 6.07) is 9.78. The Morgan fingerprint density at radius 2 is 1.95 bits per heavy atom. The molecule has 0 radical (unpaired) electrons. The number of benzene rings is 1. The van der Waals surface area contributed by atoms with Gasteiger partial charge in [-0.15, -0.1) is 0 Å². The highest BCUT2D eigenvalue weighted by molar-refractivity contribution is 5.81. The maximum Gasteiger partial charge on any atom is 0.260 e. The average molecular weight is 287 g/mol. The van der Waals surface area contributed by atoms with Crippen molar-refractivity contribution in [2.45, 2.75) is 51.7 Å². The fourth-order valence-corrected chi connectivity index (χ4v) is 4.11. The largest absolute Gasteiger partial charge is 0.481 e. The molecule has 114 valence electrons. The highest BCUT2D eigenvalue weighted by atomic mass is 16.5. The monoisotopic (exact) mass is 287 g/mol. The number of amides is 1. The van der Waals surface area contributed by atoms with Crippen LogP contribution in [0.2, 0.25) is 0 Å². The zero-order valence-corrected chi connectivity index (χ0v) is 12.9. The number of nitrogens with one attached hydrogen (secondary N) is 1. The third-order valence-corrected chi connectivity index (χ3v) is 5.23. The van der Waals surface area contributed by atoms with Gasteiger partial charge in [0.1, 0.15) is 5.75 Å². The highest BCUT2D eigenvalue weighted by Gasteiger charge is 2.42. The predicted octanol–water partition coefficient (Wildman–Crippen LogP) is 3.39. The molecule has 0 aliphatic heterocycles. The second kappa shape index (κ2) is 6.08. The summed E-state index contributed by atoms with van der Waals surface area (Å²) in [6.45, 7) is 3.97. The Labute approximate surface area is 127 Å². The first-order chi connectivity index (χ1) is 10.1. The van der Waals surface area contributed by atoms with Crippen molar-refractivity contribution in [3.8, 4) is 5.75 Å². The van der Waals surface area contributed by atoms with Gasteiger partial charge in [0.25, 0.3) is 5.91 Å². The molecule has 2 fully saturated rings. The van der Waals surface area contributed by atoms with E-state index in [9.17, 15) is 4.79 Å². The van der Waals surface area contributed by atoms with E-state index in [4.69, 9.17) is 4.74 Å². The molecule has 3 heteroatoms.